The van der Waals surface area contributed by atoms with E-state index in [-0.39, 0.29) is 10.6 Å². The number of hydrogen-bond donors (Lipinski definition) is 0. The Hall–Kier alpha value is -0.530. The molecule has 0 N–H and O–H groups in total. The molecular formula is C15H12BrClFIO2. The van der Waals surface area contributed by atoms with Gasteiger partial charge in [0.1, 0.15) is 22.3 Å². The van der Waals surface area contributed by atoms with Crippen LogP contribution < -0.4 is 9.47 Å². The van der Waals surface area contributed by atoms with Crippen LogP contribution in [0.4, 0.5) is 4.39 Å². The van der Waals surface area contributed by atoms with Crippen molar-refractivity contribution in [2.24, 2.45) is 0 Å². The van der Waals surface area contributed by atoms with Crippen LogP contribution in [0.1, 0.15) is 16.0 Å². The maximum absolute atomic E-state index is 13.2. The number of rotatable bonds is 4. The molecule has 1 unspecified atom stereocenters. The Morgan fingerprint density at radius 1 is 1.14 bits per heavy atom. The van der Waals surface area contributed by atoms with Crippen molar-refractivity contribution in [3.8, 4) is 11.5 Å². The van der Waals surface area contributed by atoms with Crippen LogP contribution in [0.25, 0.3) is 0 Å². The highest BCUT2D eigenvalue weighted by Gasteiger charge is 2.21. The van der Waals surface area contributed by atoms with Gasteiger partial charge in [0.2, 0.25) is 0 Å². The summed E-state index contributed by atoms with van der Waals surface area (Å²) in [5.41, 5.74) is 1.80. The van der Waals surface area contributed by atoms with Crippen LogP contribution in [-0.2, 0) is 0 Å². The molecule has 0 aromatic heterocycles. The minimum Gasteiger partial charge on any atom is -0.495 e. The van der Waals surface area contributed by atoms with Crippen LogP contribution in [0.2, 0.25) is 5.02 Å². The van der Waals surface area contributed by atoms with Crippen molar-refractivity contribution in [3.05, 3.63) is 55.9 Å². The Kier molecular flexibility index (Phi) is 5.73. The number of halogens is 4. The van der Waals surface area contributed by atoms with Gasteiger partial charge in [-0.25, -0.2) is 4.39 Å². The lowest BCUT2D eigenvalue weighted by Gasteiger charge is -2.18. The van der Waals surface area contributed by atoms with Gasteiger partial charge < -0.3 is 9.47 Å². The molecule has 112 valence electrons. The van der Waals surface area contributed by atoms with Gasteiger partial charge in [-0.15, -0.1) is 0 Å². The van der Waals surface area contributed by atoms with Crippen LogP contribution in [0.5, 0.6) is 11.5 Å². The zero-order chi connectivity index (χ0) is 15.6. The summed E-state index contributed by atoms with van der Waals surface area (Å²) in [5.74, 6) is 0.825. The van der Waals surface area contributed by atoms with Gasteiger partial charge in [-0.05, 0) is 46.4 Å². The first kappa shape index (κ1) is 16.8. The van der Waals surface area contributed by atoms with Crippen molar-refractivity contribution >= 4 is 50.1 Å². The van der Waals surface area contributed by atoms with E-state index >= 15 is 0 Å². The highest BCUT2D eigenvalue weighted by atomic mass is 127. The van der Waals surface area contributed by atoms with Gasteiger partial charge in [-0.3, -0.25) is 0 Å². The molecule has 21 heavy (non-hydrogen) atoms. The first-order chi connectivity index (χ1) is 9.99. The molecule has 0 bridgehead atoms. The molecule has 0 fully saturated rings. The van der Waals surface area contributed by atoms with E-state index in [9.17, 15) is 4.39 Å². The fourth-order valence-corrected chi connectivity index (χ4v) is 4.30. The van der Waals surface area contributed by atoms with Crippen molar-refractivity contribution in [1.82, 2.24) is 0 Å². The number of methoxy groups -OCH3 is 2. The van der Waals surface area contributed by atoms with Crippen LogP contribution >= 0.6 is 50.1 Å². The number of ether oxygens (including phenoxy) is 2. The average Bonchev–Trinajstić information content (AvgIpc) is 2.46. The molecule has 0 radical (unpaired) electrons. The van der Waals surface area contributed by atoms with E-state index in [0.717, 1.165) is 14.7 Å². The van der Waals surface area contributed by atoms with Crippen LogP contribution in [0.3, 0.4) is 0 Å². The Morgan fingerprint density at radius 2 is 1.81 bits per heavy atom. The third-order valence-corrected chi connectivity index (χ3v) is 5.30. The van der Waals surface area contributed by atoms with E-state index in [1.54, 1.807) is 26.4 Å². The smallest absolute Gasteiger partial charge is 0.145 e. The summed E-state index contributed by atoms with van der Waals surface area (Å²) in [6.07, 6.45) is 0. The molecule has 0 heterocycles. The van der Waals surface area contributed by atoms with Gasteiger partial charge in [0.05, 0.1) is 19.0 Å². The Labute approximate surface area is 149 Å². The van der Waals surface area contributed by atoms with Crippen LogP contribution in [-0.4, -0.2) is 14.2 Å². The quantitative estimate of drug-likeness (QED) is 0.416. The third kappa shape index (κ3) is 3.46. The summed E-state index contributed by atoms with van der Waals surface area (Å²) in [6, 6.07) is 8.33. The SMILES string of the molecule is COc1ccc(C(Br)c2ccc(F)cc2I)c(OC)c1Cl. The summed E-state index contributed by atoms with van der Waals surface area (Å²) in [6.45, 7) is 0. The lowest BCUT2D eigenvalue weighted by atomic mass is 10.0. The predicted molar refractivity (Wildman–Crippen MR) is 94.4 cm³/mol. The minimum atomic E-state index is -0.262. The summed E-state index contributed by atoms with van der Waals surface area (Å²) >= 11 is 12.0. The molecule has 2 aromatic carbocycles. The summed E-state index contributed by atoms with van der Waals surface area (Å²) in [7, 11) is 3.11. The molecule has 0 aliphatic heterocycles. The van der Waals surface area contributed by atoms with Crippen molar-refractivity contribution in [1.29, 1.82) is 0 Å². The van der Waals surface area contributed by atoms with Crippen LogP contribution in [0, 0.1) is 9.39 Å². The summed E-state index contributed by atoms with van der Waals surface area (Å²) in [5, 5.41) is 0.416. The lowest BCUT2D eigenvalue weighted by molar-refractivity contribution is 0.392. The molecule has 0 saturated carbocycles. The van der Waals surface area contributed by atoms with Gasteiger partial charge in [0.15, 0.2) is 0 Å². The normalized spacial score (nSPS) is 12.1. The number of alkyl halides is 1. The van der Waals surface area contributed by atoms with E-state index in [0.29, 0.717) is 16.5 Å². The van der Waals surface area contributed by atoms with Gasteiger partial charge >= 0.3 is 0 Å². The summed E-state index contributed by atoms with van der Waals surface area (Å²) in [4.78, 5) is -0.164. The van der Waals surface area contributed by atoms with Crippen LogP contribution in [0.15, 0.2) is 30.3 Å². The lowest BCUT2D eigenvalue weighted by Crippen LogP contribution is -2.01. The standard InChI is InChI=1S/C15H12BrClFIO2/c1-20-12-6-5-10(15(21-2)14(12)17)13(16)9-4-3-8(18)7-11(9)19/h3-7,13H,1-2H3. The zero-order valence-corrected chi connectivity index (χ0v) is 15.8. The van der Waals surface area contributed by atoms with Crippen molar-refractivity contribution < 1.29 is 13.9 Å². The molecule has 1 atom stereocenters. The summed E-state index contributed by atoms with van der Waals surface area (Å²) < 4.78 is 24.7. The number of hydrogen-bond acceptors (Lipinski definition) is 2. The minimum absolute atomic E-state index is 0.164. The second-order valence-electron chi connectivity index (χ2n) is 4.23. The third-order valence-electron chi connectivity index (χ3n) is 3.02. The molecule has 2 aromatic rings. The average molecular weight is 486 g/mol. The highest BCUT2D eigenvalue weighted by molar-refractivity contribution is 14.1. The van der Waals surface area contributed by atoms with Crippen molar-refractivity contribution in [3.63, 3.8) is 0 Å². The second kappa shape index (κ2) is 7.15. The van der Waals surface area contributed by atoms with E-state index in [1.165, 1.54) is 12.1 Å². The van der Waals surface area contributed by atoms with Gasteiger partial charge in [0, 0.05) is 9.13 Å². The van der Waals surface area contributed by atoms with Crippen molar-refractivity contribution in [2.45, 2.75) is 4.83 Å². The first-order valence-corrected chi connectivity index (χ1v) is 8.36. The van der Waals surface area contributed by atoms with E-state index < -0.39 is 0 Å². The van der Waals surface area contributed by atoms with Gasteiger partial charge in [0.25, 0.3) is 0 Å². The second-order valence-corrected chi connectivity index (χ2v) is 6.69. The fraction of sp³-hybridized carbons (Fsp3) is 0.200. The van der Waals surface area contributed by atoms with Gasteiger partial charge in [-0.2, -0.15) is 0 Å². The Bertz CT molecular complexity index is 666. The molecule has 0 aliphatic carbocycles. The molecule has 2 nitrogen and oxygen atoms in total. The van der Waals surface area contributed by atoms with E-state index in [4.69, 9.17) is 21.1 Å². The maximum atomic E-state index is 13.2. The molecule has 2 rings (SSSR count). The first-order valence-electron chi connectivity index (χ1n) is 5.99. The number of benzene rings is 2. The monoisotopic (exact) mass is 484 g/mol. The van der Waals surface area contributed by atoms with E-state index in [1.807, 2.05) is 6.07 Å². The van der Waals surface area contributed by atoms with E-state index in [2.05, 4.69) is 38.5 Å². The molecule has 0 aliphatic rings. The topological polar surface area (TPSA) is 18.5 Å². The molecule has 0 amide bonds. The van der Waals surface area contributed by atoms with Crippen molar-refractivity contribution in [2.75, 3.05) is 14.2 Å². The van der Waals surface area contributed by atoms with Gasteiger partial charge in [-0.1, -0.05) is 39.7 Å². The molecule has 6 heteroatoms. The molecular weight excluding hydrogens is 473 g/mol. The fourth-order valence-electron chi connectivity index (χ4n) is 1.99. The predicted octanol–water partition coefficient (Wildman–Crippen LogP) is 5.59. The Morgan fingerprint density at radius 3 is 2.38 bits per heavy atom. The largest absolute Gasteiger partial charge is 0.495 e. The maximum Gasteiger partial charge on any atom is 0.145 e. The zero-order valence-electron chi connectivity index (χ0n) is 11.3. The highest BCUT2D eigenvalue weighted by Crippen LogP contribution is 2.44. The molecule has 0 spiro atoms. The Balaban J connectivity index is 2.52. The molecule has 0 saturated heterocycles.